The highest BCUT2D eigenvalue weighted by Crippen LogP contribution is 2.32. The predicted molar refractivity (Wildman–Crippen MR) is 94.5 cm³/mol. The standard InChI is InChI=1S/C18H17N3O6/c1-3-26-17(22)15-10(2)19-18(23)20-16(15)14-8-7-13(27-14)11-5-4-6-12(9-11)21(24)25/h4-9,16H,3H2,1-2H3,(H2,19,20,23)/t16-/m0/s1. The van der Waals surface area contributed by atoms with Crippen molar-refractivity contribution in [2.24, 2.45) is 0 Å². The number of hydrogen-bond donors (Lipinski definition) is 2. The monoisotopic (exact) mass is 371 g/mol. The number of furan rings is 1. The number of carbonyl (C=O) groups excluding carboxylic acids is 2. The predicted octanol–water partition coefficient (Wildman–Crippen LogP) is 3.05. The number of nitrogens with zero attached hydrogens (tertiary/aromatic N) is 1. The molecule has 0 spiro atoms. The molecular weight excluding hydrogens is 354 g/mol. The lowest BCUT2D eigenvalue weighted by Gasteiger charge is -2.26. The molecule has 0 fully saturated rings. The molecule has 9 heteroatoms. The number of nitrogens with one attached hydrogen (secondary N) is 2. The molecule has 140 valence electrons. The number of nitro groups is 1. The van der Waals surface area contributed by atoms with Crippen molar-refractivity contribution < 1.29 is 23.7 Å². The van der Waals surface area contributed by atoms with Gasteiger partial charge in [0, 0.05) is 23.4 Å². The summed E-state index contributed by atoms with van der Waals surface area (Å²) >= 11 is 0. The van der Waals surface area contributed by atoms with E-state index in [-0.39, 0.29) is 17.9 Å². The fourth-order valence-electron chi connectivity index (χ4n) is 2.82. The number of benzene rings is 1. The van der Waals surface area contributed by atoms with Gasteiger partial charge in [-0.25, -0.2) is 9.59 Å². The maximum absolute atomic E-state index is 12.3. The lowest BCUT2D eigenvalue weighted by atomic mass is 10.0. The van der Waals surface area contributed by atoms with Gasteiger partial charge < -0.3 is 19.8 Å². The van der Waals surface area contributed by atoms with Crippen LogP contribution in [0, 0.1) is 10.1 Å². The minimum absolute atomic E-state index is 0.0661. The van der Waals surface area contributed by atoms with Crippen LogP contribution in [0.5, 0.6) is 0 Å². The Hall–Kier alpha value is -3.62. The van der Waals surface area contributed by atoms with Gasteiger partial charge >= 0.3 is 12.0 Å². The Morgan fingerprint density at radius 2 is 2.11 bits per heavy atom. The number of non-ortho nitro benzene ring substituents is 1. The molecule has 1 aromatic heterocycles. The Bertz CT molecular complexity index is 946. The zero-order valence-corrected chi connectivity index (χ0v) is 14.6. The highest BCUT2D eigenvalue weighted by atomic mass is 16.6. The van der Waals surface area contributed by atoms with Gasteiger partial charge in [0.2, 0.25) is 0 Å². The van der Waals surface area contributed by atoms with Crippen LogP contribution in [0.4, 0.5) is 10.5 Å². The van der Waals surface area contributed by atoms with Crippen molar-refractivity contribution in [3.63, 3.8) is 0 Å². The van der Waals surface area contributed by atoms with E-state index in [4.69, 9.17) is 9.15 Å². The number of ether oxygens (including phenoxy) is 1. The number of rotatable bonds is 5. The molecular formula is C18H17N3O6. The number of allylic oxidation sites excluding steroid dienone is 1. The number of esters is 1. The normalized spacial score (nSPS) is 16.5. The summed E-state index contributed by atoms with van der Waals surface area (Å²) < 4.78 is 10.9. The van der Waals surface area contributed by atoms with Gasteiger partial charge in [0.1, 0.15) is 17.6 Å². The largest absolute Gasteiger partial charge is 0.463 e. The summed E-state index contributed by atoms with van der Waals surface area (Å²) in [5.41, 5.74) is 1.05. The molecule has 2 amide bonds. The fourth-order valence-corrected chi connectivity index (χ4v) is 2.82. The van der Waals surface area contributed by atoms with Gasteiger partial charge in [-0.3, -0.25) is 10.1 Å². The lowest BCUT2D eigenvalue weighted by Crippen LogP contribution is -2.45. The summed E-state index contributed by atoms with van der Waals surface area (Å²) in [5.74, 6) is 0.122. The van der Waals surface area contributed by atoms with Crippen molar-refractivity contribution >= 4 is 17.7 Å². The molecule has 1 aliphatic rings. The van der Waals surface area contributed by atoms with Crippen LogP contribution in [0.15, 0.2) is 52.1 Å². The van der Waals surface area contributed by atoms with E-state index in [1.165, 1.54) is 12.1 Å². The van der Waals surface area contributed by atoms with E-state index in [2.05, 4.69) is 10.6 Å². The fraction of sp³-hybridized carbons (Fsp3) is 0.222. The molecule has 2 heterocycles. The van der Waals surface area contributed by atoms with Gasteiger partial charge in [0.25, 0.3) is 5.69 Å². The van der Waals surface area contributed by atoms with Gasteiger partial charge in [0.15, 0.2) is 0 Å². The molecule has 2 N–H and O–H groups in total. The van der Waals surface area contributed by atoms with E-state index in [1.807, 2.05) is 0 Å². The summed E-state index contributed by atoms with van der Waals surface area (Å²) in [5, 5.41) is 16.1. The summed E-state index contributed by atoms with van der Waals surface area (Å²) in [7, 11) is 0. The Morgan fingerprint density at radius 3 is 2.81 bits per heavy atom. The maximum atomic E-state index is 12.3. The molecule has 9 nitrogen and oxygen atoms in total. The second-order valence-electron chi connectivity index (χ2n) is 5.80. The third-order valence-corrected chi connectivity index (χ3v) is 4.02. The summed E-state index contributed by atoms with van der Waals surface area (Å²) in [6.07, 6.45) is 0. The maximum Gasteiger partial charge on any atom is 0.338 e. The molecule has 1 aliphatic heterocycles. The van der Waals surface area contributed by atoms with Crippen LogP contribution in [-0.4, -0.2) is 23.5 Å². The van der Waals surface area contributed by atoms with Gasteiger partial charge in [-0.05, 0) is 26.0 Å². The minimum atomic E-state index is -0.828. The average Bonchev–Trinajstić information content (AvgIpc) is 3.11. The molecule has 3 rings (SSSR count). The highest BCUT2D eigenvalue weighted by Gasteiger charge is 2.34. The van der Waals surface area contributed by atoms with Gasteiger partial charge in [-0.2, -0.15) is 0 Å². The van der Waals surface area contributed by atoms with E-state index in [0.717, 1.165) is 0 Å². The first-order valence-corrected chi connectivity index (χ1v) is 8.20. The summed E-state index contributed by atoms with van der Waals surface area (Å²) in [6.45, 7) is 3.47. The number of urea groups is 1. The second kappa shape index (κ2) is 7.32. The number of nitro benzene ring substituents is 1. The van der Waals surface area contributed by atoms with Gasteiger partial charge in [-0.1, -0.05) is 12.1 Å². The topological polar surface area (TPSA) is 124 Å². The Labute approximate surface area is 154 Å². The van der Waals surface area contributed by atoms with Crippen LogP contribution in [0.1, 0.15) is 25.6 Å². The molecule has 0 saturated carbocycles. The number of hydrogen-bond acceptors (Lipinski definition) is 6. The second-order valence-corrected chi connectivity index (χ2v) is 5.80. The van der Waals surface area contributed by atoms with Crippen molar-refractivity contribution in [1.29, 1.82) is 0 Å². The molecule has 0 bridgehead atoms. The number of amides is 2. The number of carbonyl (C=O) groups is 2. The molecule has 0 saturated heterocycles. The molecule has 1 aromatic carbocycles. The first-order chi connectivity index (χ1) is 12.9. The van der Waals surface area contributed by atoms with Crippen molar-refractivity contribution in [1.82, 2.24) is 10.6 Å². The molecule has 0 aliphatic carbocycles. The van der Waals surface area contributed by atoms with E-state index in [0.29, 0.717) is 22.8 Å². The SMILES string of the molecule is CCOC(=O)C1=C(C)NC(=O)N[C@H]1c1ccc(-c2cccc([N+](=O)[O-])c2)o1. The first-order valence-electron chi connectivity index (χ1n) is 8.20. The van der Waals surface area contributed by atoms with E-state index in [1.54, 1.807) is 38.1 Å². The summed E-state index contributed by atoms with van der Waals surface area (Å²) in [6, 6.07) is 7.92. The zero-order valence-electron chi connectivity index (χ0n) is 14.6. The smallest absolute Gasteiger partial charge is 0.338 e. The third kappa shape index (κ3) is 3.66. The van der Waals surface area contributed by atoms with Crippen LogP contribution in [0.2, 0.25) is 0 Å². The van der Waals surface area contributed by atoms with Crippen molar-refractivity contribution in [2.45, 2.75) is 19.9 Å². The van der Waals surface area contributed by atoms with Gasteiger partial charge in [0.05, 0.1) is 17.1 Å². The van der Waals surface area contributed by atoms with Crippen LogP contribution < -0.4 is 10.6 Å². The quantitative estimate of drug-likeness (QED) is 0.473. The molecule has 1 atom stereocenters. The molecule has 2 aromatic rings. The van der Waals surface area contributed by atoms with Crippen molar-refractivity contribution in [3.05, 3.63) is 63.5 Å². The van der Waals surface area contributed by atoms with Crippen LogP contribution in [0.25, 0.3) is 11.3 Å². The van der Waals surface area contributed by atoms with Gasteiger partial charge in [-0.15, -0.1) is 0 Å². The molecule has 0 radical (unpaired) electrons. The summed E-state index contributed by atoms with van der Waals surface area (Å²) in [4.78, 5) is 34.6. The average molecular weight is 371 g/mol. The van der Waals surface area contributed by atoms with Crippen LogP contribution in [-0.2, 0) is 9.53 Å². The lowest BCUT2D eigenvalue weighted by molar-refractivity contribution is -0.384. The van der Waals surface area contributed by atoms with Crippen LogP contribution in [0.3, 0.4) is 0 Å². The third-order valence-electron chi connectivity index (χ3n) is 4.02. The Balaban J connectivity index is 1.97. The Kier molecular flexibility index (Phi) is 4.93. The van der Waals surface area contributed by atoms with E-state index >= 15 is 0 Å². The van der Waals surface area contributed by atoms with Crippen molar-refractivity contribution in [3.8, 4) is 11.3 Å². The van der Waals surface area contributed by atoms with Crippen LogP contribution >= 0.6 is 0 Å². The molecule has 27 heavy (non-hydrogen) atoms. The highest BCUT2D eigenvalue weighted by molar-refractivity contribution is 5.94. The zero-order chi connectivity index (χ0) is 19.6. The van der Waals surface area contributed by atoms with Crippen molar-refractivity contribution in [2.75, 3.05) is 6.61 Å². The first kappa shape index (κ1) is 18.2. The minimum Gasteiger partial charge on any atom is -0.463 e. The van der Waals surface area contributed by atoms with E-state index in [9.17, 15) is 19.7 Å². The Morgan fingerprint density at radius 1 is 1.33 bits per heavy atom. The molecule has 0 unspecified atom stereocenters. The van der Waals surface area contributed by atoms with E-state index < -0.39 is 23.0 Å².